The van der Waals surface area contributed by atoms with Gasteiger partial charge in [0, 0.05) is 25.2 Å². The summed E-state index contributed by atoms with van der Waals surface area (Å²) in [4.78, 5) is 18.7. The molecule has 1 saturated heterocycles. The van der Waals surface area contributed by atoms with Crippen molar-refractivity contribution in [2.45, 2.75) is 18.9 Å². The van der Waals surface area contributed by atoms with Crippen LogP contribution in [0.25, 0.3) is 0 Å². The van der Waals surface area contributed by atoms with E-state index >= 15 is 0 Å². The van der Waals surface area contributed by atoms with Gasteiger partial charge in [0.2, 0.25) is 11.9 Å². The number of aromatic nitrogens is 2. The highest BCUT2D eigenvalue weighted by molar-refractivity contribution is 5.78. The molecule has 1 aromatic heterocycles. The molecule has 0 spiro atoms. The molecular formula is C9H13N5O. The van der Waals surface area contributed by atoms with Crippen molar-refractivity contribution in [3.8, 4) is 0 Å². The molecule has 0 aromatic carbocycles. The minimum absolute atomic E-state index is 0.115. The van der Waals surface area contributed by atoms with Crippen molar-refractivity contribution in [1.29, 1.82) is 0 Å². The van der Waals surface area contributed by atoms with Gasteiger partial charge in [-0.3, -0.25) is 4.79 Å². The van der Waals surface area contributed by atoms with Crippen LogP contribution in [-0.4, -0.2) is 28.5 Å². The molecule has 2 heterocycles. The van der Waals surface area contributed by atoms with Gasteiger partial charge in [-0.25, -0.2) is 4.98 Å². The molecule has 6 heteroatoms. The quantitative estimate of drug-likeness (QED) is 0.635. The van der Waals surface area contributed by atoms with Crippen LogP contribution in [0.4, 0.5) is 11.8 Å². The summed E-state index contributed by atoms with van der Waals surface area (Å²) in [5.41, 5.74) is 5.43. The highest BCUT2D eigenvalue weighted by Crippen LogP contribution is 2.08. The Balaban J connectivity index is 1.85. The molecule has 0 bridgehead atoms. The minimum Gasteiger partial charge on any atom is -0.368 e. The number of nitrogens with one attached hydrogen (secondary N) is 2. The van der Waals surface area contributed by atoms with Gasteiger partial charge >= 0.3 is 0 Å². The number of nitrogens with zero attached hydrogens (tertiary/aromatic N) is 2. The zero-order valence-corrected chi connectivity index (χ0v) is 8.23. The Labute approximate surface area is 87.3 Å². The summed E-state index contributed by atoms with van der Waals surface area (Å²) in [6, 6.07) is 1.93. The van der Waals surface area contributed by atoms with Gasteiger partial charge in [0.15, 0.2) is 0 Å². The van der Waals surface area contributed by atoms with E-state index in [4.69, 9.17) is 5.73 Å². The van der Waals surface area contributed by atoms with Crippen LogP contribution >= 0.6 is 0 Å². The summed E-state index contributed by atoms with van der Waals surface area (Å²) in [7, 11) is 0. The average molecular weight is 207 g/mol. The number of carbonyl (C=O) groups is 1. The Morgan fingerprint density at radius 2 is 2.53 bits per heavy atom. The molecule has 15 heavy (non-hydrogen) atoms. The number of carbonyl (C=O) groups excluding carboxylic acids is 1. The number of hydrogen-bond acceptors (Lipinski definition) is 5. The lowest BCUT2D eigenvalue weighted by molar-refractivity contribution is -0.119. The summed E-state index contributed by atoms with van der Waals surface area (Å²) in [6.45, 7) is 0.669. The number of nitrogen functional groups attached to an aromatic ring is 1. The Morgan fingerprint density at radius 3 is 3.20 bits per heavy atom. The molecular weight excluding hydrogens is 194 g/mol. The molecule has 4 N–H and O–H groups in total. The fourth-order valence-electron chi connectivity index (χ4n) is 1.53. The van der Waals surface area contributed by atoms with Gasteiger partial charge in [-0.1, -0.05) is 0 Å². The standard InChI is InChI=1S/C9H13N5O/c10-9-11-4-3-7(14-9)12-5-6-1-2-8(15)13-6/h3-4,6H,1-2,5H2,(H,13,15)(H3,10,11,12,14). The van der Waals surface area contributed by atoms with E-state index in [2.05, 4.69) is 20.6 Å². The monoisotopic (exact) mass is 207 g/mol. The third-order valence-corrected chi connectivity index (χ3v) is 2.29. The van der Waals surface area contributed by atoms with Crippen LogP contribution < -0.4 is 16.4 Å². The third-order valence-electron chi connectivity index (χ3n) is 2.29. The van der Waals surface area contributed by atoms with Gasteiger partial charge in [-0.2, -0.15) is 4.98 Å². The molecule has 1 amide bonds. The Bertz CT molecular complexity index is 367. The van der Waals surface area contributed by atoms with Crippen molar-refractivity contribution < 1.29 is 4.79 Å². The highest BCUT2D eigenvalue weighted by atomic mass is 16.1. The zero-order valence-electron chi connectivity index (χ0n) is 8.23. The fourth-order valence-corrected chi connectivity index (χ4v) is 1.53. The lowest BCUT2D eigenvalue weighted by atomic mass is 10.2. The van der Waals surface area contributed by atoms with Gasteiger partial charge in [-0.05, 0) is 12.5 Å². The number of nitrogens with two attached hydrogens (primary N) is 1. The number of hydrogen-bond donors (Lipinski definition) is 3. The molecule has 80 valence electrons. The summed E-state index contributed by atoms with van der Waals surface area (Å²) in [6.07, 6.45) is 3.07. The van der Waals surface area contributed by atoms with Crippen LogP contribution in [0.1, 0.15) is 12.8 Å². The van der Waals surface area contributed by atoms with Crippen molar-refractivity contribution in [3.05, 3.63) is 12.3 Å². The predicted molar refractivity (Wildman–Crippen MR) is 56.1 cm³/mol. The van der Waals surface area contributed by atoms with Gasteiger partial charge in [-0.15, -0.1) is 0 Å². The topological polar surface area (TPSA) is 92.9 Å². The maximum Gasteiger partial charge on any atom is 0.221 e. The lowest BCUT2D eigenvalue weighted by Crippen LogP contribution is -2.32. The summed E-state index contributed by atoms with van der Waals surface area (Å²) in [5.74, 6) is 1.04. The van der Waals surface area contributed by atoms with E-state index < -0.39 is 0 Å². The fraction of sp³-hybridized carbons (Fsp3) is 0.444. The number of anilines is 2. The second kappa shape index (κ2) is 4.12. The SMILES string of the molecule is Nc1nccc(NCC2CCC(=O)N2)n1. The molecule has 0 saturated carbocycles. The molecule has 0 aliphatic carbocycles. The highest BCUT2D eigenvalue weighted by Gasteiger charge is 2.20. The van der Waals surface area contributed by atoms with E-state index in [0.717, 1.165) is 6.42 Å². The Hall–Kier alpha value is -1.85. The van der Waals surface area contributed by atoms with E-state index in [1.165, 1.54) is 0 Å². The summed E-state index contributed by atoms with van der Waals surface area (Å²) >= 11 is 0. The molecule has 6 nitrogen and oxygen atoms in total. The summed E-state index contributed by atoms with van der Waals surface area (Å²) < 4.78 is 0. The van der Waals surface area contributed by atoms with Gasteiger partial charge in [0.25, 0.3) is 0 Å². The first-order valence-electron chi connectivity index (χ1n) is 4.86. The van der Waals surface area contributed by atoms with E-state index in [0.29, 0.717) is 18.8 Å². The van der Waals surface area contributed by atoms with E-state index in [1.807, 2.05) is 0 Å². The first-order valence-corrected chi connectivity index (χ1v) is 4.86. The largest absolute Gasteiger partial charge is 0.368 e. The average Bonchev–Trinajstić information content (AvgIpc) is 2.62. The Morgan fingerprint density at radius 1 is 1.67 bits per heavy atom. The first-order chi connectivity index (χ1) is 7.24. The molecule has 1 aromatic rings. The molecule has 2 rings (SSSR count). The maximum atomic E-state index is 10.9. The van der Waals surface area contributed by atoms with Gasteiger partial charge in [0.05, 0.1) is 0 Å². The van der Waals surface area contributed by atoms with Crippen molar-refractivity contribution in [2.24, 2.45) is 0 Å². The second-order valence-corrected chi connectivity index (χ2v) is 3.48. The van der Waals surface area contributed by atoms with Crippen molar-refractivity contribution in [1.82, 2.24) is 15.3 Å². The second-order valence-electron chi connectivity index (χ2n) is 3.48. The van der Waals surface area contributed by atoms with Crippen LogP contribution in [0.3, 0.4) is 0 Å². The molecule has 0 radical (unpaired) electrons. The minimum atomic E-state index is 0.115. The van der Waals surface area contributed by atoms with Crippen LogP contribution in [0.2, 0.25) is 0 Å². The smallest absolute Gasteiger partial charge is 0.221 e. The Kier molecular flexibility index (Phi) is 2.66. The van der Waals surface area contributed by atoms with Crippen LogP contribution in [-0.2, 0) is 4.79 Å². The maximum absolute atomic E-state index is 10.9. The van der Waals surface area contributed by atoms with Crippen molar-refractivity contribution in [3.63, 3.8) is 0 Å². The van der Waals surface area contributed by atoms with Gasteiger partial charge in [0.1, 0.15) is 5.82 Å². The molecule has 1 aliphatic rings. The van der Waals surface area contributed by atoms with Crippen molar-refractivity contribution in [2.75, 3.05) is 17.6 Å². The van der Waals surface area contributed by atoms with Gasteiger partial charge < -0.3 is 16.4 Å². The molecule has 1 unspecified atom stereocenters. The van der Waals surface area contributed by atoms with Crippen LogP contribution in [0.15, 0.2) is 12.3 Å². The van der Waals surface area contributed by atoms with Crippen molar-refractivity contribution >= 4 is 17.7 Å². The first kappa shape index (κ1) is 9.70. The number of amides is 1. The predicted octanol–water partition coefficient (Wildman–Crippen LogP) is -0.251. The molecule has 1 fully saturated rings. The van der Waals surface area contributed by atoms with E-state index in [9.17, 15) is 4.79 Å². The van der Waals surface area contributed by atoms with Crippen LogP contribution in [0, 0.1) is 0 Å². The summed E-state index contributed by atoms with van der Waals surface area (Å²) in [5, 5.41) is 5.96. The zero-order chi connectivity index (χ0) is 10.7. The van der Waals surface area contributed by atoms with E-state index in [-0.39, 0.29) is 17.9 Å². The lowest BCUT2D eigenvalue weighted by Gasteiger charge is -2.11. The molecule has 1 atom stereocenters. The van der Waals surface area contributed by atoms with E-state index in [1.54, 1.807) is 12.3 Å². The number of rotatable bonds is 3. The van der Waals surface area contributed by atoms with Crippen LogP contribution in [0.5, 0.6) is 0 Å². The normalized spacial score (nSPS) is 20.0. The molecule has 1 aliphatic heterocycles. The third kappa shape index (κ3) is 2.55.